The number of fused-ring (bicyclic) bond motifs is 1. The molecule has 25 heavy (non-hydrogen) atoms. The predicted molar refractivity (Wildman–Crippen MR) is 113 cm³/mol. The van der Waals surface area contributed by atoms with Gasteiger partial charge in [0.1, 0.15) is 0 Å². The zero-order chi connectivity index (χ0) is 17.6. The molecule has 5 heteroatoms. The summed E-state index contributed by atoms with van der Waals surface area (Å²) >= 11 is 2.17. The molecule has 0 aliphatic heterocycles. The van der Waals surface area contributed by atoms with Crippen LogP contribution < -0.4 is 8.85 Å². The van der Waals surface area contributed by atoms with Gasteiger partial charge >= 0.3 is 0 Å². The fourth-order valence-corrected chi connectivity index (χ4v) is 3.25. The summed E-state index contributed by atoms with van der Waals surface area (Å²) in [7, 11) is 0. The largest absolute Gasteiger partial charge is 0.373 e. The Morgan fingerprint density at radius 3 is 2.80 bits per heavy atom. The number of pyridine rings is 1. The van der Waals surface area contributed by atoms with Crippen molar-refractivity contribution in [2.24, 2.45) is 0 Å². The average Bonchev–Trinajstić information content (AvgIpc) is 2.97. The van der Waals surface area contributed by atoms with Crippen LogP contribution in [0.2, 0.25) is 0 Å². The molecule has 3 rings (SSSR count). The standard InChI is InChI=1S/C20H21IN4/c1-3-25-19(5-4-10-22-18-8-6-15(2)23-14-18)12-17-11-16(13-24-21)7-9-20(17)25/h6-9,11-12,14,22,24H,3,10,13H2,1-2H3. The maximum Gasteiger partial charge on any atom is 0.0931 e. The Bertz CT molecular complexity index is 917. The highest BCUT2D eigenvalue weighted by Crippen LogP contribution is 2.21. The number of nitrogens with zero attached hydrogens (tertiary/aromatic N) is 2. The third kappa shape index (κ3) is 4.33. The molecule has 0 saturated heterocycles. The van der Waals surface area contributed by atoms with E-state index < -0.39 is 0 Å². The van der Waals surface area contributed by atoms with Gasteiger partial charge in [-0.1, -0.05) is 12.0 Å². The van der Waals surface area contributed by atoms with Crippen LogP contribution in [0.25, 0.3) is 10.9 Å². The first-order chi connectivity index (χ1) is 12.2. The lowest BCUT2D eigenvalue weighted by atomic mass is 10.1. The molecule has 0 spiro atoms. The SMILES string of the molecule is CCn1c(C#CCNc2ccc(C)nc2)cc2cc(CNI)ccc21. The Morgan fingerprint density at radius 1 is 1.20 bits per heavy atom. The minimum absolute atomic E-state index is 0.597. The van der Waals surface area contributed by atoms with Gasteiger partial charge in [-0.3, -0.25) is 8.51 Å². The van der Waals surface area contributed by atoms with Gasteiger partial charge in [-0.05, 0) is 55.7 Å². The molecule has 0 aliphatic rings. The van der Waals surface area contributed by atoms with E-state index >= 15 is 0 Å². The van der Waals surface area contributed by atoms with Crippen LogP contribution in [-0.2, 0) is 13.1 Å². The lowest BCUT2D eigenvalue weighted by Crippen LogP contribution is -2.01. The third-order valence-electron chi connectivity index (χ3n) is 4.06. The summed E-state index contributed by atoms with van der Waals surface area (Å²) in [4.78, 5) is 4.28. The molecule has 0 fully saturated rings. The quantitative estimate of drug-likeness (QED) is 0.351. The number of anilines is 1. The number of hydrogen-bond acceptors (Lipinski definition) is 3. The van der Waals surface area contributed by atoms with Crippen molar-refractivity contribution in [3.8, 4) is 11.8 Å². The van der Waals surface area contributed by atoms with Crippen molar-refractivity contribution in [3.05, 3.63) is 59.5 Å². The second-order valence-electron chi connectivity index (χ2n) is 5.82. The van der Waals surface area contributed by atoms with Gasteiger partial charge in [0.15, 0.2) is 0 Å². The first-order valence-electron chi connectivity index (χ1n) is 8.32. The molecule has 4 nitrogen and oxygen atoms in total. The average molecular weight is 444 g/mol. The molecule has 0 aliphatic carbocycles. The Morgan fingerprint density at radius 2 is 2.08 bits per heavy atom. The maximum atomic E-state index is 4.28. The number of halogens is 1. The second-order valence-corrected chi connectivity index (χ2v) is 6.58. The Labute approximate surface area is 162 Å². The van der Waals surface area contributed by atoms with E-state index in [1.54, 1.807) is 0 Å². The first kappa shape index (κ1) is 17.8. The second kappa shape index (κ2) is 8.37. The van der Waals surface area contributed by atoms with Crippen molar-refractivity contribution < 1.29 is 0 Å². The number of benzene rings is 1. The molecule has 1 aromatic carbocycles. The molecule has 3 aromatic rings. The van der Waals surface area contributed by atoms with E-state index in [0.29, 0.717) is 6.54 Å². The molecular formula is C20H21IN4. The monoisotopic (exact) mass is 444 g/mol. The zero-order valence-electron chi connectivity index (χ0n) is 14.4. The van der Waals surface area contributed by atoms with Crippen LogP contribution in [0.5, 0.6) is 0 Å². The predicted octanol–water partition coefficient (Wildman–Crippen LogP) is 4.27. The van der Waals surface area contributed by atoms with E-state index in [2.05, 4.69) is 84.3 Å². The van der Waals surface area contributed by atoms with Crippen LogP contribution in [0.15, 0.2) is 42.6 Å². The fraction of sp³-hybridized carbons (Fsp3) is 0.250. The Balaban J connectivity index is 1.77. The van der Waals surface area contributed by atoms with Gasteiger partial charge in [0.05, 0.1) is 24.1 Å². The van der Waals surface area contributed by atoms with Crippen molar-refractivity contribution in [3.63, 3.8) is 0 Å². The van der Waals surface area contributed by atoms with Crippen LogP contribution in [-0.4, -0.2) is 16.1 Å². The van der Waals surface area contributed by atoms with Gasteiger partial charge in [0.2, 0.25) is 0 Å². The van der Waals surface area contributed by atoms with Crippen molar-refractivity contribution in [2.45, 2.75) is 26.9 Å². The minimum atomic E-state index is 0.597. The molecule has 128 valence electrons. The fourth-order valence-electron chi connectivity index (χ4n) is 2.81. The smallest absolute Gasteiger partial charge is 0.0931 e. The Hall–Kier alpha value is -2.04. The first-order valence-corrected chi connectivity index (χ1v) is 9.40. The maximum absolute atomic E-state index is 4.28. The van der Waals surface area contributed by atoms with E-state index in [-0.39, 0.29) is 0 Å². The van der Waals surface area contributed by atoms with Gasteiger partial charge in [-0.25, -0.2) is 0 Å². The molecule has 2 aromatic heterocycles. The summed E-state index contributed by atoms with van der Waals surface area (Å²) in [6, 6.07) is 12.8. The summed E-state index contributed by atoms with van der Waals surface area (Å²) < 4.78 is 5.43. The number of aromatic nitrogens is 2. The summed E-state index contributed by atoms with van der Waals surface area (Å²) in [5, 5.41) is 4.53. The molecule has 0 amide bonds. The summed E-state index contributed by atoms with van der Waals surface area (Å²) in [6.07, 6.45) is 1.84. The van der Waals surface area contributed by atoms with E-state index in [1.807, 2.05) is 25.3 Å². The number of aryl methyl sites for hydroxylation is 2. The number of hydrogen-bond donors (Lipinski definition) is 2. The summed E-state index contributed by atoms with van der Waals surface area (Å²) in [6.45, 7) is 6.51. The highest BCUT2D eigenvalue weighted by Gasteiger charge is 2.06. The molecule has 0 radical (unpaired) electrons. The van der Waals surface area contributed by atoms with Crippen LogP contribution in [0.3, 0.4) is 0 Å². The van der Waals surface area contributed by atoms with Crippen LogP contribution in [0.4, 0.5) is 5.69 Å². The lowest BCUT2D eigenvalue weighted by molar-refractivity contribution is 0.787. The molecule has 0 saturated carbocycles. The summed E-state index contributed by atoms with van der Waals surface area (Å²) in [5.41, 5.74) is 5.58. The van der Waals surface area contributed by atoms with Crippen LogP contribution in [0.1, 0.15) is 23.9 Å². The highest BCUT2D eigenvalue weighted by atomic mass is 127. The molecular weight excluding hydrogens is 423 g/mol. The Kier molecular flexibility index (Phi) is 5.95. The van der Waals surface area contributed by atoms with Gasteiger partial charge in [0.25, 0.3) is 0 Å². The third-order valence-corrected chi connectivity index (χ3v) is 4.44. The van der Waals surface area contributed by atoms with Crippen molar-refractivity contribution >= 4 is 39.5 Å². The van der Waals surface area contributed by atoms with Gasteiger partial charge < -0.3 is 9.88 Å². The van der Waals surface area contributed by atoms with Crippen molar-refractivity contribution in [1.29, 1.82) is 0 Å². The molecule has 2 heterocycles. The molecule has 0 unspecified atom stereocenters. The minimum Gasteiger partial charge on any atom is -0.373 e. The van der Waals surface area contributed by atoms with Crippen LogP contribution in [0, 0.1) is 18.8 Å². The van der Waals surface area contributed by atoms with E-state index in [0.717, 1.165) is 30.2 Å². The number of nitrogens with one attached hydrogen (secondary N) is 2. The molecule has 0 bridgehead atoms. The normalized spacial score (nSPS) is 10.5. The summed E-state index contributed by atoms with van der Waals surface area (Å²) in [5.74, 6) is 6.52. The zero-order valence-corrected chi connectivity index (χ0v) is 16.6. The topological polar surface area (TPSA) is 41.9 Å². The highest BCUT2D eigenvalue weighted by molar-refractivity contribution is 14.1. The van der Waals surface area contributed by atoms with E-state index in [1.165, 1.54) is 16.5 Å². The van der Waals surface area contributed by atoms with Gasteiger partial charge in [-0.15, -0.1) is 0 Å². The number of rotatable bonds is 5. The van der Waals surface area contributed by atoms with Crippen molar-refractivity contribution in [2.75, 3.05) is 11.9 Å². The molecule has 2 N–H and O–H groups in total. The van der Waals surface area contributed by atoms with E-state index in [4.69, 9.17) is 0 Å². The van der Waals surface area contributed by atoms with Gasteiger partial charge in [0, 0.05) is 52.6 Å². The lowest BCUT2D eigenvalue weighted by Gasteiger charge is -2.04. The molecule has 0 atom stereocenters. The van der Waals surface area contributed by atoms with Crippen molar-refractivity contribution in [1.82, 2.24) is 13.1 Å². The van der Waals surface area contributed by atoms with Gasteiger partial charge in [-0.2, -0.15) is 0 Å². The van der Waals surface area contributed by atoms with E-state index in [9.17, 15) is 0 Å². The van der Waals surface area contributed by atoms with Crippen LogP contribution >= 0.6 is 22.9 Å².